The molecule has 224 valence electrons. The van der Waals surface area contributed by atoms with E-state index in [-0.39, 0.29) is 23.8 Å². The lowest BCUT2D eigenvalue weighted by Crippen LogP contribution is -2.30. The van der Waals surface area contributed by atoms with E-state index in [0.717, 1.165) is 50.7 Å². The lowest BCUT2D eigenvalue weighted by atomic mass is 9.78. The van der Waals surface area contributed by atoms with Crippen LogP contribution >= 0.6 is 0 Å². The van der Waals surface area contributed by atoms with E-state index >= 15 is 0 Å². The highest BCUT2D eigenvalue weighted by Gasteiger charge is 2.35. The van der Waals surface area contributed by atoms with Crippen molar-refractivity contribution in [2.45, 2.75) is 83.2 Å². The zero-order chi connectivity index (χ0) is 29.6. The summed E-state index contributed by atoms with van der Waals surface area (Å²) >= 11 is 0. The van der Waals surface area contributed by atoms with E-state index in [1.165, 1.54) is 12.1 Å². The van der Waals surface area contributed by atoms with Crippen molar-refractivity contribution in [1.82, 2.24) is 0 Å². The van der Waals surface area contributed by atoms with Crippen LogP contribution in [0.25, 0.3) is 0 Å². The van der Waals surface area contributed by atoms with Crippen LogP contribution in [0.2, 0.25) is 0 Å². The van der Waals surface area contributed by atoms with E-state index in [0.29, 0.717) is 30.2 Å². The first kappa shape index (κ1) is 31.0. The molecule has 0 heterocycles. The van der Waals surface area contributed by atoms with Gasteiger partial charge >= 0.3 is 0 Å². The summed E-state index contributed by atoms with van der Waals surface area (Å²) in [6.45, 7) is 4.09. The van der Waals surface area contributed by atoms with E-state index in [1.807, 2.05) is 19.1 Å². The topological polar surface area (TPSA) is 18.5 Å². The number of halogens is 6. The Morgan fingerprint density at radius 2 is 1.39 bits per heavy atom. The summed E-state index contributed by atoms with van der Waals surface area (Å²) in [6, 6.07) is 4.93. The number of ether oxygens (including phenoxy) is 2. The van der Waals surface area contributed by atoms with Crippen molar-refractivity contribution < 1.29 is 35.8 Å². The Bertz CT molecular complexity index is 1210. The molecule has 2 saturated carbocycles. The molecule has 0 saturated heterocycles. The van der Waals surface area contributed by atoms with Gasteiger partial charge in [0, 0.05) is 12.0 Å². The third-order valence-electron chi connectivity index (χ3n) is 8.51. The van der Waals surface area contributed by atoms with Crippen LogP contribution in [0.1, 0.15) is 81.8 Å². The van der Waals surface area contributed by atoms with E-state index in [1.54, 1.807) is 0 Å². The molecular weight excluding hydrogens is 542 g/mol. The van der Waals surface area contributed by atoms with Crippen molar-refractivity contribution in [1.29, 1.82) is 0 Å². The van der Waals surface area contributed by atoms with Crippen molar-refractivity contribution in [3.8, 4) is 11.5 Å². The SMILES string of the molecule is C=CC1CCC(CC(F)(F)COc2ccc(OCc3ccc(C4CCC(/C=C/C)CC4)c(F)c3F)c(F)c2F)CC1. The van der Waals surface area contributed by atoms with E-state index in [9.17, 15) is 26.3 Å². The zero-order valence-electron chi connectivity index (χ0n) is 23.4. The number of alkyl halides is 2. The predicted molar refractivity (Wildman–Crippen MR) is 147 cm³/mol. The molecule has 2 aliphatic rings. The Balaban J connectivity index is 1.33. The van der Waals surface area contributed by atoms with Gasteiger partial charge in [-0.25, -0.2) is 17.6 Å². The molecule has 4 rings (SSSR count). The summed E-state index contributed by atoms with van der Waals surface area (Å²) in [7, 11) is 0. The highest BCUT2D eigenvalue weighted by molar-refractivity contribution is 5.36. The Labute approximate surface area is 238 Å². The third-order valence-corrected chi connectivity index (χ3v) is 8.51. The molecule has 2 aromatic carbocycles. The summed E-state index contributed by atoms with van der Waals surface area (Å²) in [5.74, 6) is -8.87. The highest BCUT2D eigenvalue weighted by atomic mass is 19.3. The van der Waals surface area contributed by atoms with Crippen LogP contribution in [0.5, 0.6) is 11.5 Å². The number of hydrogen-bond acceptors (Lipinski definition) is 2. The molecule has 0 bridgehead atoms. The lowest BCUT2D eigenvalue weighted by molar-refractivity contribution is -0.0644. The molecule has 2 nitrogen and oxygen atoms in total. The molecule has 2 fully saturated rings. The van der Waals surface area contributed by atoms with Gasteiger partial charge in [-0.3, -0.25) is 0 Å². The lowest BCUT2D eigenvalue weighted by Gasteiger charge is -2.29. The monoisotopic (exact) mass is 580 g/mol. The summed E-state index contributed by atoms with van der Waals surface area (Å²) in [5, 5.41) is 0. The first-order valence-corrected chi connectivity index (χ1v) is 14.5. The van der Waals surface area contributed by atoms with Gasteiger partial charge in [0.1, 0.15) is 6.61 Å². The molecule has 41 heavy (non-hydrogen) atoms. The van der Waals surface area contributed by atoms with Gasteiger partial charge in [0.25, 0.3) is 5.92 Å². The minimum Gasteiger partial charge on any atom is -0.486 e. The van der Waals surface area contributed by atoms with Gasteiger partial charge in [-0.05, 0) is 99.7 Å². The fourth-order valence-electron chi connectivity index (χ4n) is 6.11. The van der Waals surface area contributed by atoms with E-state index in [4.69, 9.17) is 9.47 Å². The second-order valence-corrected chi connectivity index (χ2v) is 11.4. The molecule has 2 aliphatic carbocycles. The maximum absolute atomic E-state index is 14.9. The van der Waals surface area contributed by atoms with E-state index < -0.39 is 53.9 Å². The molecule has 0 atom stereocenters. The van der Waals surface area contributed by atoms with Gasteiger partial charge in [-0.1, -0.05) is 30.4 Å². The largest absolute Gasteiger partial charge is 0.486 e. The molecule has 0 aromatic heterocycles. The maximum atomic E-state index is 14.9. The molecule has 0 radical (unpaired) electrons. The predicted octanol–water partition coefficient (Wildman–Crippen LogP) is 10.1. The summed E-state index contributed by atoms with van der Waals surface area (Å²) in [4.78, 5) is 0. The standard InChI is InChI=1S/C33H38F6O2/c1-3-5-22-10-12-24(13-11-22)26-15-14-25(29(34)30(26)35)19-40-27-16-17-28(32(37)31(27)36)41-20-33(38,39)18-23-8-6-21(4-2)7-9-23/h3-5,14-17,21-24H,2,6-13,18-20H2,1H3/b5-3+. The molecular formula is C33H38F6O2. The number of allylic oxidation sites excluding steroid dienone is 3. The second kappa shape index (κ2) is 13.8. The van der Waals surface area contributed by atoms with Crippen LogP contribution in [-0.2, 0) is 6.61 Å². The average Bonchev–Trinajstić information content (AvgIpc) is 2.96. The summed E-state index contributed by atoms with van der Waals surface area (Å²) < 4.78 is 98.2. The highest BCUT2D eigenvalue weighted by Crippen LogP contribution is 2.39. The zero-order valence-corrected chi connectivity index (χ0v) is 23.4. The van der Waals surface area contributed by atoms with Gasteiger partial charge < -0.3 is 9.47 Å². The molecule has 2 aromatic rings. The maximum Gasteiger partial charge on any atom is 0.281 e. The summed E-state index contributed by atoms with van der Waals surface area (Å²) in [5.41, 5.74) is 0.168. The normalized spacial score (nSPS) is 23.5. The number of hydrogen-bond donors (Lipinski definition) is 0. The van der Waals surface area contributed by atoms with Gasteiger partial charge in [0.2, 0.25) is 11.6 Å². The van der Waals surface area contributed by atoms with Gasteiger partial charge in [0.15, 0.2) is 29.7 Å². The Hall–Kier alpha value is -2.90. The third kappa shape index (κ3) is 7.89. The molecule has 0 unspecified atom stereocenters. The molecule has 0 spiro atoms. The quantitative estimate of drug-likeness (QED) is 0.195. The first-order valence-electron chi connectivity index (χ1n) is 14.5. The van der Waals surface area contributed by atoms with Crippen LogP contribution < -0.4 is 9.47 Å². The van der Waals surface area contributed by atoms with Crippen LogP contribution in [0, 0.1) is 41.0 Å². The van der Waals surface area contributed by atoms with Crippen molar-refractivity contribution in [2.75, 3.05) is 6.61 Å². The van der Waals surface area contributed by atoms with Crippen LogP contribution in [0.4, 0.5) is 26.3 Å². The molecule has 0 N–H and O–H groups in total. The van der Waals surface area contributed by atoms with Crippen molar-refractivity contribution >= 4 is 0 Å². The Morgan fingerprint density at radius 1 is 0.780 bits per heavy atom. The fraction of sp³-hybridized carbons (Fsp3) is 0.515. The Morgan fingerprint density at radius 3 is 2.00 bits per heavy atom. The minimum absolute atomic E-state index is 0.0836. The van der Waals surface area contributed by atoms with Gasteiger partial charge in [-0.2, -0.15) is 8.78 Å². The fourth-order valence-corrected chi connectivity index (χ4v) is 6.11. The molecule has 8 heteroatoms. The first-order chi connectivity index (χ1) is 19.6. The number of benzene rings is 2. The number of rotatable bonds is 11. The van der Waals surface area contributed by atoms with Crippen LogP contribution in [0.15, 0.2) is 49.1 Å². The Kier molecular flexibility index (Phi) is 10.5. The van der Waals surface area contributed by atoms with Gasteiger partial charge in [-0.15, -0.1) is 6.58 Å². The minimum atomic E-state index is -3.20. The molecule has 0 aliphatic heterocycles. The van der Waals surface area contributed by atoms with Gasteiger partial charge in [0.05, 0.1) is 0 Å². The van der Waals surface area contributed by atoms with Crippen LogP contribution in [-0.4, -0.2) is 12.5 Å². The van der Waals surface area contributed by atoms with Crippen molar-refractivity contribution in [3.63, 3.8) is 0 Å². The van der Waals surface area contributed by atoms with Crippen LogP contribution in [0.3, 0.4) is 0 Å². The van der Waals surface area contributed by atoms with Crippen molar-refractivity contribution in [3.05, 3.63) is 83.5 Å². The molecule has 0 amide bonds. The summed E-state index contributed by atoms with van der Waals surface area (Å²) in [6.07, 6.45) is 11.9. The second-order valence-electron chi connectivity index (χ2n) is 11.4. The average molecular weight is 581 g/mol. The van der Waals surface area contributed by atoms with Crippen molar-refractivity contribution in [2.24, 2.45) is 17.8 Å². The van der Waals surface area contributed by atoms with E-state index in [2.05, 4.69) is 12.7 Å². The smallest absolute Gasteiger partial charge is 0.281 e.